The Balaban J connectivity index is 1.73. The SMILES string of the molecule is CC(C)n1cnnc1CNC(=O)c1cnnc(-c2ccccc2)c1. The predicted octanol–water partition coefficient (Wildman–Crippen LogP) is 2.25. The highest BCUT2D eigenvalue weighted by atomic mass is 16.1. The second kappa shape index (κ2) is 6.99. The highest BCUT2D eigenvalue weighted by Crippen LogP contribution is 2.16. The van der Waals surface area contributed by atoms with Crippen molar-refractivity contribution in [2.24, 2.45) is 0 Å². The molecule has 2 heterocycles. The fourth-order valence-corrected chi connectivity index (χ4v) is 2.33. The first-order chi connectivity index (χ1) is 11.6. The van der Waals surface area contributed by atoms with Crippen molar-refractivity contribution in [3.63, 3.8) is 0 Å². The second-order valence-electron chi connectivity index (χ2n) is 5.63. The molecule has 0 spiro atoms. The molecule has 0 fully saturated rings. The Morgan fingerprint density at radius 3 is 2.71 bits per heavy atom. The van der Waals surface area contributed by atoms with Gasteiger partial charge in [0.25, 0.3) is 5.91 Å². The van der Waals surface area contributed by atoms with Crippen LogP contribution in [0.5, 0.6) is 0 Å². The molecule has 1 amide bonds. The van der Waals surface area contributed by atoms with Gasteiger partial charge in [-0.2, -0.15) is 10.2 Å². The van der Waals surface area contributed by atoms with E-state index in [1.54, 1.807) is 12.4 Å². The number of benzene rings is 1. The summed E-state index contributed by atoms with van der Waals surface area (Å²) in [6.45, 7) is 4.38. The van der Waals surface area contributed by atoms with Gasteiger partial charge < -0.3 is 9.88 Å². The van der Waals surface area contributed by atoms with Crippen LogP contribution in [0.15, 0.2) is 48.9 Å². The molecule has 0 radical (unpaired) electrons. The third-order valence-electron chi connectivity index (χ3n) is 3.60. The lowest BCUT2D eigenvalue weighted by molar-refractivity contribution is 0.0948. The minimum Gasteiger partial charge on any atom is -0.345 e. The Morgan fingerprint density at radius 1 is 1.17 bits per heavy atom. The van der Waals surface area contributed by atoms with Crippen molar-refractivity contribution in [3.05, 3.63) is 60.3 Å². The number of nitrogens with one attached hydrogen (secondary N) is 1. The van der Waals surface area contributed by atoms with E-state index in [0.29, 0.717) is 23.6 Å². The van der Waals surface area contributed by atoms with E-state index in [2.05, 4.69) is 25.7 Å². The number of aromatic nitrogens is 5. The summed E-state index contributed by atoms with van der Waals surface area (Å²) in [6, 6.07) is 11.6. The maximum Gasteiger partial charge on any atom is 0.253 e. The van der Waals surface area contributed by atoms with Crippen LogP contribution in [0, 0.1) is 0 Å². The molecule has 1 aromatic carbocycles. The number of carbonyl (C=O) groups is 1. The number of nitrogens with zero attached hydrogens (tertiary/aromatic N) is 5. The molecule has 3 rings (SSSR count). The topological polar surface area (TPSA) is 85.6 Å². The quantitative estimate of drug-likeness (QED) is 0.778. The molecule has 0 saturated carbocycles. The van der Waals surface area contributed by atoms with Gasteiger partial charge in [-0.1, -0.05) is 30.3 Å². The summed E-state index contributed by atoms with van der Waals surface area (Å²) >= 11 is 0. The molecule has 0 saturated heterocycles. The summed E-state index contributed by atoms with van der Waals surface area (Å²) < 4.78 is 1.92. The normalized spacial score (nSPS) is 10.8. The van der Waals surface area contributed by atoms with Crippen LogP contribution < -0.4 is 5.32 Å². The van der Waals surface area contributed by atoms with Gasteiger partial charge >= 0.3 is 0 Å². The first-order valence-electron chi connectivity index (χ1n) is 7.70. The number of carbonyl (C=O) groups excluding carboxylic acids is 1. The summed E-state index contributed by atoms with van der Waals surface area (Å²) in [5.41, 5.74) is 2.03. The van der Waals surface area contributed by atoms with Gasteiger partial charge in [0.05, 0.1) is 24.0 Å². The van der Waals surface area contributed by atoms with Crippen LogP contribution in [0.1, 0.15) is 36.1 Å². The van der Waals surface area contributed by atoms with Crippen molar-refractivity contribution < 1.29 is 4.79 Å². The summed E-state index contributed by atoms with van der Waals surface area (Å²) in [7, 11) is 0. The first kappa shape index (κ1) is 15.8. The lowest BCUT2D eigenvalue weighted by Crippen LogP contribution is -2.25. The minimum absolute atomic E-state index is 0.222. The maximum absolute atomic E-state index is 12.4. The van der Waals surface area contributed by atoms with Gasteiger partial charge in [-0.3, -0.25) is 4.79 Å². The van der Waals surface area contributed by atoms with E-state index < -0.39 is 0 Å². The maximum atomic E-state index is 12.4. The van der Waals surface area contributed by atoms with Crippen LogP contribution in [0.4, 0.5) is 0 Å². The van der Waals surface area contributed by atoms with Crippen LogP contribution >= 0.6 is 0 Å². The zero-order valence-corrected chi connectivity index (χ0v) is 13.5. The molecule has 7 nitrogen and oxygen atoms in total. The van der Waals surface area contributed by atoms with Gasteiger partial charge in [-0.05, 0) is 19.9 Å². The molecule has 1 N–H and O–H groups in total. The lowest BCUT2D eigenvalue weighted by Gasteiger charge is -2.10. The van der Waals surface area contributed by atoms with Crippen LogP contribution in [0.3, 0.4) is 0 Å². The Morgan fingerprint density at radius 2 is 1.96 bits per heavy atom. The fourth-order valence-electron chi connectivity index (χ4n) is 2.33. The zero-order chi connectivity index (χ0) is 16.9. The fraction of sp³-hybridized carbons (Fsp3) is 0.235. The molecule has 0 unspecified atom stereocenters. The molecule has 0 atom stereocenters. The first-order valence-corrected chi connectivity index (χ1v) is 7.70. The van der Waals surface area contributed by atoms with E-state index in [1.807, 2.05) is 48.7 Å². The Bertz CT molecular complexity index is 828. The monoisotopic (exact) mass is 322 g/mol. The van der Waals surface area contributed by atoms with Crippen molar-refractivity contribution in [2.75, 3.05) is 0 Å². The van der Waals surface area contributed by atoms with Crippen molar-refractivity contribution in [3.8, 4) is 11.3 Å². The van der Waals surface area contributed by atoms with Crippen molar-refractivity contribution in [1.82, 2.24) is 30.3 Å². The Hall–Kier alpha value is -3.09. The number of hydrogen-bond acceptors (Lipinski definition) is 5. The average Bonchev–Trinajstić information content (AvgIpc) is 3.09. The van der Waals surface area contributed by atoms with E-state index in [0.717, 1.165) is 5.56 Å². The number of amides is 1. The summed E-state index contributed by atoms with van der Waals surface area (Å²) in [5, 5.41) is 18.8. The van der Waals surface area contributed by atoms with Crippen LogP contribution in [-0.2, 0) is 6.54 Å². The van der Waals surface area contributed by atoms with Gasteiger partial charge in [0.2, 0.25) is 0 Å². The van der Waals surface area contributed by atoms with E-state index in [9.17, 15) is 4.79 Å². The number of hydrogen-bond donors (Lipinski definition) is 1. The third kappa shape index (κ3) is 3.45. The van der Waals surface area contributed by atoms with Gasteiger partial charge in [-0.25, -0.2) is 0 Å². The zero-order valence-electron chi connectivity index (χ0n) is 13.5. The van der Waals surface area contributed by atoms with E-state index in [4.69, 9.17) is 0 Å². The van der Waals surface area contributed by atoms with Gasteiger partial charge in [0, 0.05) is 11.6 Å². The highest BCUT2D eigenvalue weighted by Gasteiger charge is 2.12. The van der Waals surface area contributed by atoms with Gasteiger partial charge in [0.1, 0.15) is 6.33 Å². The molecule has 122 valence electrons. The second-order valence-corrected chi connectivity index (χ2v) is 5.63. The molecule has 7 heteroatoms. The van der Waals surface area contributed by atoms with E-state index in [1.165, 1.54) is 6.20 Å². The van der Waals surface area contributed by atoms with Crippen molar-refractivity contribution in [2.45, 2.75) is 26.4 Å². The average molecular weight is 322 g/mol. The summed E-state index contributed by atoms with van der Waals surface area (Å²) in [6.07, 6.45) is 3.11. The molecule has 0 aliphatic heterocycles. The van der Waals surface area contributed by atoms with Crippen molar-refractivity contribution >= 4 is 5.91 Å². The van der Waals surface area contributed by atoms with E-state index >= 15 is 0 Å². The summed E-state index contributed by atoms with van der Waals surface area (Å²) in [5.74, 6) is 0.490. The van der Waals surface area contributed by atoms with Crippen molar-refractivity contribution in [1.29, 1.82) is 0 Å². The Kier molecular flexibility index (Phi) is 4.60. The van der Waals surface area contributed by atoms with Crippen LogP contribution in [0.25, 0.3) is 11.3 Å². The molecular formula is C17H18N6O. The predicted molar refractivity (Wildman–Crippen MR) is 89.0 cm³/mol. The molecular weight excluding hydrogens is 304 g/mol. The molecule has 2 aromatic heterocycles. The number of rotatable bonds is 5. The van der Waals surface area contributed by atoms with Crippen LogP contribution in [-0.4, -0.2) is 30.9 Å². The van der Waals surface area contributed by atoms with Gasteiger partial charge in [-0.15, -0.1) is 10.2 Å². The molecule has 0 aliphatic carbocycles. The van der Waals surface area contributed by atoms with E-state index in [-0.39, 0.29) is 11.9 Å². The molecule has 24 heavy (non-hydrogen) atoms. The molecule has 3 aromatic rings. The third-order valence-corrected chi connectivity index (χ3v) is 3.60. The smallest absolute Gasteiger partial charge is 0.253 e. The summed E-state index contributed by atoms with van der Waals surface area (Å²) in [4.78, 5) is 12.4. The molecule has 0 aliphatic rings. The Labute approximate surface area is 139 Å². The largest absolute Gasteiger partial charge is 0.345 e. The standard InChI is InChI=1S/C17H18N6O/c1-12(2)23-11-20-22-16(23)10-18-17(24)14-8-15(21-19-9-14)13-6-4-3-5-7-13/h3-9,11-12H,10H2,1-2H3,(H,18,24). The molecule has 0 bridgehead atoms. The highest BCUT2D eigenvalue weighted by molar-refractivity contribution is 5.94. The van der Waals surface area contributed by atoms with Crippen LogP contribution in [0.2, 0.25) is 0 Å². The van der Waals surface area contributed by atoms with Gasteiger partial charge in [0.15, 0.2) is 5.82 Å². The lowest BCUT2D eigenvalue weighted by atomic mass is 10.1. The minimum atomic E-state index is -0.222.